The van der Waals surface area contributed by atoms with E-state index in [1.54, 1.807) is 25.1 Å². The average Bonchev–Trinajstić information content (AvgIpc) is 3.32. The van der Waals surface area contributed by atoms with Crippen molar-refractivity contribution in [1.29, 1.82) is 0 Å². The molecule has 4 rings (SSSR count). The maximum Gasteiger partial charge on any atom is 0.360 e. The Morgan fingerprint density at radius 1 is 1.10 bits per heavy atom. The van der Waals surface area contributed by atoms with Gasteiger partial charge in [-0.25, -0.2) is 4.79 Å². The van der Waals surface area contributed by atoms with Crippen LogP contribution in [0.1, 0.15) is 18.2 Å². The minimum atomic E-state index is -5.02. The zero-order valence-electron chi connectivity index (χ0n) is 21.5. The highest BCUT2D eigenvalue weighted by Crippen LogP contribution is 2.59. The van der Waals surface area contributed by atoms with E-state index in [0.29, 0.717) is 5.56 Å². The predicted molar refractivity (Wildman–Crippen MR) is 148 cm³/mol. The van der Waals surface area contributed by atoms with Crippen LogP contribution in [0.25, 0.3) is 21.6 Å². The molecular weight excluding hydrogens is 582 g/mol. The number of ether oxygens (including phenoxy) is 1. The zero-order valence-corrected chi connectivity index (χ0v) is 23.2. The molecule has 7 N–H and O–H groups in total. The minimum Gasteiger partial charge on any atom is -0.394 e. The first kappa shape index (κ1) is 32.0. The van der Waals surface area contributed by atoms with Crippen LogP contribution >= 0.6 is 15.2 Å². The number of hydrogen-bond acceptors (Lipinski definition) is 8. The van der Waals surface area contributed by atoms with Crippen molar-refractivity contribution < 1.29 is 38.5 Å². The summed E-state index contributed by atoms with van der Waals surface area (Å²) in [6, 6.07) is 15.1. The molecule has 0 bridgehead atoms. The van der Waals surface area contributed by atoms with Gasteiger partial charge in [-0.15, -0.1) is 0 Å². The number of aliphatic hydroxyl groups is 1. The van der Waals surface area contributed by atoms with Crippen LogP contribution in [0.4, 0.5) is 5.69 Å². The first-order chi connectivity index (χ1) is 19.2. The van der Waals surface area contributed by atoms with Crippen LogP contribution < -0.4 is 16.6 Å². The van der Waals surface area contributed by atoms with Crippen molar-refractivity contribution in [3.8, 4) is 11.1 Å². The van der Waals surface area contributed by atoms with Gasteiger partial charge in [-0.2, -0.15) is 0 Å². The van der Waals surface area contributed by atoms with Gasteiger partial charge < -0.3 is 34.7 Å². The van der Waals surface area contributed by atoms with Crippen LogP contribution in [0.3, 0.4) is 0 Å². The molecule has 41 heavy (non-hydrogen) atoms. The molecule has 0 spiro atoms. The Morgan fingerprint density at radius 3 is 2.32 bits per heavy atom. The molecule has 0 radical (unpaired) electrons. The Balaban J connectivity index is 0.000000228. The summed E-state index contributed by atoms with van der Waals surface area (Å²) >= 11 is 0. The number of benzene rings is 2. The van der Waals surface area contributed by atoms with Crippen molar-refractivity contribution in [1.82, 2.24) is 9.55 Å². The van der Waals surface area contributed by atoms with Crippen molar-refractivity contribution in [2.45, 2.75) is 37.2 Å². The lowest BCUT2D eigenvalue weighted by atomic mass is 10.1. The van der Waals surface area contributed by atoms with E-state index in [0.717, 1.165) is 11.1 Å². The van der Waals surface area contributed by atoms with E-state index in [1.807, 2.05) is 30.3 Å². The largest absolute Gasteiger partial charge is 0.394 e. The smallest absolute Gasteiger partial charge is 0.360 e. The van der Waals surface area contributed by atoms with Gasteiger partial charge in [0.05, 0.1) is 18.8 Å². The molecule has 0 saturated carbocycles. The number of H-pyrrole nitrogens is 1. The molecule has 3 atom stereocenters. The summed E-state index contributed by atoms with van der Waals surface area (Å²) in [6.07, 6.45) is 0.329. The number of nitrogens with zero attached hydrogens (tertiary/aromatic N) is 4. The van der Waals surface area contributed by atoms with Gasteiger partial charge >= 0.3 is 20.9 Å². The third-order valence-corrected chi connectivity index (χ3v) is 9.28. The summed E-state index contributed by atoms with van der Waals surface area (Å²) < 4.78 is 29.2. The summed E-state index contributed by atoms with van der Waals surface area (Å²) in [5.74, 6) is 0. The second-order valence-corrected chi connectivity index (χ2v) is 12.7. The quantitative estimate of drug-likeness (QED) is 0.0841. The number of azide groups is 1. The Morgan fingerprint density at radius 2 is 1.73 bits per heavy atom. The van der Waals surface area contributed by atoms with Gasteiger partial charge in [0.25, 0.3) is 5.56 Å². The Kier molecular flexibility index (Phi) is 10.5. The van der Waals surface area contributed by atoms with E-state index in [-0.39, 0.29) is 18.7 Å². The lowest BCUT2D eigenvalue weighted by Crippen LogP contribution is -2.33. The lowest BCUT2D eigenvalue weighted by Gasteiger charge is -2.22. The second kappa shape index (κ2) is 13.4. The standard InChI is InChI=1S/C13H15NO6P2.C10H13N5O4/c15-21(16,17)13(22(18,19)20)14-12-8-4-7-11(9-12)10-5-2-1-3-6-10;1-5-3-15(10(18)12-9(5)17)8-2-6(13-14-11)7(4-16)19-8/h1-9,13-14H,(H2,15,16,17)(H2,18,19,20);3,6-8,16H,2,4H2,1H3,(H,12,17,18)/t;6-,7+,8+/m.0/s1. The normalized spacial score (nSPS) is 18.8. The van der Waals surface area contributed by atoms with Gasteiger partial charge in [0.2, 0.25) is 5.52 Å². The molecule has 0 unspecified atom stereocenters. The molecular formula is C23H28N6O10P2. The number of aliphatic hydroxyl groups excluding tert-OH is 1. The highest BCUT2D eigenvalue weighted by Gasteiger charge is 2.43. The molecule has 1 fully saturated rings. The average molecular weight is 610 g/mol. The molecule has 1 aliphatic rings. The zero-order chi connectivity index (χ0) is 30.4. The maximum absolute atomic E-state index is 11.7. The summed E-state index contributed by atoms with van der Waals surface area (Å²) in [4.78, 5) is 64.3. The number of anilines is 1. The van der Waals surface area contributed by atoms with Gasteiger partial charge in [-0.3, -0.25) is 23.5 Å². The van der Waals surface area contributed by atoms with Gasteiger partial charge in [0.15, 0.2) is 0 Å². The van der Waals surface area contributed by atoms with Crippen molar-refractivity contribution in [3.05, 3.63) is 97.6 Å². The molecule has 1 aliphatic heterocycles. The number of aryl methyl sites for hydroxylation is 1. The summed E-state index contributed by atoms with van der Waals surface area (Å²) in [5.41, 5.74) is 7.31. The fraction of sp³-hybridized carbons (Fsp3) is 0.304. The Hall–Kier alpha value is -3.55. The second-order valence-electron chi connectivity index (χ2n) is 8.94. The molecule has 16 nitrogen and oxygen atoms in total. The SMILES string of the molecule is Cc1cn([C@H]2C[C@H](N=[N+]=[N-])[C@@H](CO)O2)c(=O)[nH]c1=O.O=P(O)(O)C(Nc1cccc(-c2ccccc2)c1)P(=O)(O)O. The molecule has 3 aromatic rings. The van der Waals surface area contributed by atoms with E-state index in [1.165, 1.54) is 16.8 Å². The molecule has 0 aliphatic carbocycles. The highest BCUT2D eigenvalue weighted by molar-refractivity contribution is 7.71. The van der Waals surface area contributed by atoms with Crippen LogP contribution in [0.2, 0.25) is 0 Å². The van der Waals surface area contributed by atoms with E-state index in [2.05, 4.69) is 20.3 Å². The van der Waals surface area contributed by atoms with E-state index in [4.69, 9.17) is 34.9 Å². The van der Waals surface area contributed by atoms with Crippen molar-refractivity contribution in [2.75, 3.05) is 11.9 Å². The van der Waals surface area contributed by atoms with Crippen LogP contribution in [0.15, 0.2) is 75.5 Å². The summed E-state index contributed by atoms with van der Waals surface area (Å²) in [6.45, 7) is 1.26. The van der Waals surface area contributed by atoms with Gasteiger partial charge in [-0.05, 0) is 35.7 Å². The number of aromatic nitrogens is 2. The lowest BCUT2D eigenvalue weighted by molar-refractivity contribution is -0.0271. The van der Waals surface area contributed by atoms with Gasteiger partial charge in [0.1, 0.15) is 6.23 Å². The molecule has 0 amide bonds. The van der Waals surface area contributed by atoms with Crippen LogP contribution in [-0.4, -0.2) is 58.5 Å². The van der Waals surface area contributed by atoms with Crippen LogP contribution in [-0.2, 0) is 13.9 Å². The highest BCUT2D eigenvalue weighted by atomic mass is 31.2. The monoisotopic (exact) mass is 610 g/mol. The molecule has 1 aromatic heterocycles. The van der Waals surface area contributed by atoms with Gasteiger partial charge in [-0.1, -0.05) is 47.6 Å². The first-order valence-electron chi connectivity index (χ1n) is 11.9. The van der Waals surface area contributed by atoms with Crippen LogP contribution in [0, 0.1) is 6.92 Å². The summed E-state index contributed by atoms with van der Waals surface area (Å²) in [5, 5.41) is 14.9. The number of aromatic amines is 1. The predicted octanol–water partition coefficient (Wildman–Crippen LogP) is 2.21. The summed E-state index contributed by atoms with van der Waals surface area (Å²) in [7, 11) is -10.0. The topological polar surface area (TPSA) is 260 Å². The van der Waals surface area contributed by atoms with E-state index in [9.17, 15) is 18.7 Å². The van der Waals surface area contributed by atoms with Crippen molar-refractivity contribution in [2.24, 2.45) is 5.11 Å². The van der Waals surface area contributed by atoms with Crippen molar-refractivity contribution in [3.63, 3.8) is 0 Å². The third kappa shape index (κ3) is 8.47. The number of hydrogen-bond donors (Lipinski definition) is 7. The Labute approximate surface area is 232 Å². The van der Waals surface area contributed by atoms with Crippen LogP contribution in [0.5, 0.6) is 0 Å². The third-order valence-electron chi connectivity index (χ3n) is 5.94. The van der Waals surface area contributed by atoms with E-state index >= 15 is 0 Å². The Bertz CT molecular complexity index is 1590. The molecule has 1 saturated heterocycles. The molecule has 220 valence electrons. The maximum atomic E-state index is 11.7. The molecule has 2 aromatic carbocycles. The van der Waals surface area contributed by atoms with Gasteiger partial charge in [0, 0.05) is 28.8 Å². The fourth-order valence-corrected chi connectivity index (χ4v) is 6.17. The molecule has 2 heterocycles. The first-order valence-corrected chi connectivity index (χ1v) is 15.3. The minimum absolute atomic E-state index is 0.206. The molecule has 18 heteroatoms. The fourth-order valence-electron chi connectivity index (χ4n) is 3.97. The van der Waals surface area contributed by atoms with Crippen molar-refractivity contribution >= 4 is 20.9 Å². The van der Waals surface area contributed by atoms with E-state index < -0.39 is 50.3 Å². The number of rotatable bonds is 8. The number of nitrogens with one attached hydrogen (secondary N) is 2.